The molecule has 2 heterocycles. The lowest BCUT2D eigenvalue weighted by atomic mass is 9.84. The summed E-state index contributed by atoms with van der Waals surface area (Å²) < 4.78 is 28.3. The summed E-state index contributed by atoms with van der Waals surface area (Å²) in [4.78, 5) is 13.0. The van der Waals surface area contributed by atoms with Crippen LogP contribution in [0, 0.1) is 34.3 Å². The number of aromatic nitrogens is 1. The van der Waals surface area contributed by atoms with E-state index in [1.165, 1.54) is 48.5 Å². The van der Waals surface area contributed by atoms with Crippen LogP contribution in [0.2, 0.25) is 0 Å². The van der Waals surface area contributed by atoms with Crippen LogP contribution in [-0.2, 0) is 0 Å². The van der Waals surface area contributed by atoms with Crippen LogP contribution in [0.3, 0.4) is 0 Å². The molecule has 0 amide bonds. The Kier molecular flexibility index (Phi) is 4.78. The van der Waals surface area contributed by atoms with Crippen LogP contribution in [0.25, 0.3) is 17.5 Å². The van der Waals surface area contributed by atoms with Gasteiger partial charge in [-0.25, -0.2) is 8.78 Å². The molecule has 1 aliphatic rings. The molecule has 0 saturated carbocycles. The van der Waals surface area contributed by atoms with E-state index in [1.807, 2.05) is 6.07 Å². The van der Waals surface area contributed by atoms with Gasteiger partial charge in [0.2, 0.25) is 0 Å². The lowest BCUT2D eigenvalue weighted by Crippen LogP contribution is -2.38. The van der Waals surface area contributed by atoms with Gasteiger partial charge in [-0.05, 0) is 41.5 Å². The normalized spacial score (nSPS) is 16.2. The first-order valence-electron chi connectivity index (χ1n) is 8.73. The first-order chi connectivity index (χ1) is 14.4. The Morgan fingerprint density at radius 3 is 2.10 bits per heavy atom. The van der Waals surface area contributed by atoms with E-state index in [9.17, 15) is 24.1 Å². The van der Waals surface area contributed by atoms with Gasteiger partial charge in [0.1, 0.15) is 22.1 Å². The number of nitrogens with zero attached hydrogens (tertiary/aromatic N) is 3. The number of fused-ring (bicyclic) bond motifs is 1. The minimum absolute atomic E-state index is 0.0406. The lowest BCUT2D eigenvalue weighted by Gasteiger charge is -2.22. The van der Waals surface area contributed by atoms with Crippen LogP contribution in [0.5, 0.6) is 0 Å². The average Bonchev–Trinajstić information content (AvgIpc) is 3.06. The highest BCUT2D eigenvalue weighted by Crippen LogP contribution is 2.35. The maximum absolute atomic E-state index is 13.4. The van der Waals surface area contributed by atoms with Gasteiger partial charge in [-0.3, -0.25) is 9.36 Å². The molecular formula is C22H12F2N4OS. The van der Waals surface area contributed by atoms with Crippen molar-refractivity contribution in [3.8, 4) is 12.1 Å². The molecule has 1 aliphatic heterocycles. The van der Waals surface area contributed by atoms with E-state index < -0.39 is 23.1 Å². The molecule has 0 unspecified atom stereocenters. The Hall–Kier alpha value is -4.01. The highest BCUT2D eigenvalue weighted by Gasteiger charge is 2.32. The topological polar surface area (TPSA) is 95.6 Å². The number of halogens is 2. The molecule has 30 heavy (non-hydrogen) atoms. The van der Waals surface area contributed by atoms with Gasteiger partial charge < -0.3 is 5.73 Å². The third-order valence-electron chi connectivity index (χ3n) is 4.76. The summed E-state index contributed by atoms with van der Waals surface area (Å²) in [5.41, 5.74) is 7.03. The monoisotopic (exact) mass is 418 g/mol. The van der Waals surface area contributed by atoms with E-state index in [0.29, 0.717) is 15.8 Å². The van der Waals surface area contributed by atoms with E-state index in [1.54, 1.807) is 6.08 Å². The Balaban J connectivity index is 2.04. The smallest absolute Gasteiger partial charge is 0.274 e. The molecule has 0 bridgehead atoms. The molecule has 5 nitrogen and oxygen atoms in total. The second-order valence-electron chi connectivity index (χ2n) is 6.53. The van der Waals surface area contributed by atoms with E-state index in [-0.39, 0.29) is 21.5 Å². The van der Waals surface area contributed by atoms with Gasteiger partial charge in [0.05, 0.1) is 33.7 Å². The fourth-order valence-electron chi connectivity index (χ4n) is 3.35. The van der Waals surface area contributed by atoms with Gasteiger partial charge in [0.25, 0.3) is 5.56 Å². The van der Waals surface area contributed by atoms with Crippen molar-refractivity contribution in [2.45, 2.75) is 5.92 Å². The fraction of sp³-hybridized carbons (Fsp3) is 0.0455. The van der Waals surface area contributed by atoms with Crippen molar-refractivity contribution in [2.75, 3.05) is 0 Å². The standard InChI is InChI=1S/C22H12F2N4OS/c23-14-5-1-12(2-6-14)9-18-21(29)28-20(27)16(10-25)19(17(11-26)22(28)30-18)13-3-7-15(24)8-4-13/h1-9,19H,27H2/b18-9+/t19-/m0/s1. The van der Waals surface area contributed by atoms with E-state index in [4.69, 9.17) is 5.73 Å². The highest BCUT2D eigenvalue weighted by molar-refractivity contribution is 7.07. The molecule has 1 aromatic heterocycles. The van der Waals surface area contributed by atoms with Crippen LogP contribution >= 0.6 is 11.3 Å². The Bertz CT molecular complexity index is 1450. The summed E-state index contributed by atoms with van der Waals surface area (Å²) in [6.45, 7) is 0. The average molecular weight is 418 g/mol. The molecule has 3 aromatic rings. The lowest BCUT2D eigenvalue weighted by molar-refractivity contribution is 0.626. The summed E-state index contributed by atoms with van der Waals surface area (Å²) >= 11 is 1.06. The molecule has 0 aliphatic carbocycles. The van der Waals surface area contributed by atoms with Gasteiger partial charge >= 0.3 is 0 Å². The number of hydrogen-bond acceptors (Lipinski definition) is 5. The molecule has 2 N–H and O–H groups in total. The molecule has 0 fully saturated rings. The van der Waals surface area contributed by atoms with E-state index in [2.05, 4.69) is 6.07 Å². The zero-order valence-electron chi connectivity index (χ0n) is 15.3. The predicted octanol–water partition coefficient (Wildman–Crippen LogP) is 2.14. The molecule has 2 aromatic carbocycles. The number of nitrogens with two attached hydrogens (primary N) is 1. The summed E-state index contributed by atoms with van der Waals surface area (Å²) in [7, 11) is 0. The van der Waals surface area contributed by atoms with Crippen LogP contribution in [0.15, 0.2) is 58.9 Å². The predicted molar refractivity (Wildman–Crippen MR) is 109 cm³/mol. The zero-order chi connectivity index (χ0) is 21.4. The molecule has 0 saturated heterocycles. The van der Waals surface area contributed by atoms with Crippen LogP contribution in [0.4, 0.5) is 8.78 Å². The maximum Gasteiger partial charge on any atom is 0.274 e. The van der Waals surface area contributed by atoms with Crippen molar-refractivity contribution in [3.63, 3.8) is 0 Å². The van der Waals surface area contributed by atoms with Crippen molar-refractivity contribution >= 4 is 28.8 Å². The summed E-state index contributed by atoms with van der Waals surface area (Å²) in [5, 5.41) is 19.6. The van der Waals surface area contributed by atoms with Crippen molar-refractivity contribution in [3.05, 3.63) is 96.4 Å². The number of hydrogen-bond donors (Lipinski definition) is 1. The second-order valence-corrected chi connectivity index (χ2v) is 7.56. The first kappa shape index (κ1) is 19.3. The van der Waals surface area contributed by atoms with Gasteiger partial charge in [-0.15, -0.1) is 11.3 Å². The van der Waals surface area contributed by atoms with Crippen molar-refractivity contribution in [1.82, 2.24) is 4.57 Å². The fourth-order valence-corrected chi connectivity index (χ4v) is 4.48. The van der Waals surface area contributed by atoms with Crippen LogP contribution < -0.4 is 20.5 Å². The number of thiazole rings is 1. The second kappa shape index (κ2) is 7.43. The summed E-state index contributed by atoms with van der Waals surface area (Å²) in [6, 6.07) is 15.1. The van der Waals surface area contributed by atoms with E-state index in [0.717, 1.165) is 15.9 Å². The molecule has 4 rings (SSSR count). The molecule has 0 radical (unpaired) electrons. The highest BCUT2D eigenvalue weighted by atomic mass is 32.1. The minimum Gasteiger partial charge on any atom is -0.384 e. The summed E-state index contributed by atoms with van der Waals surface area (Å²) in [5.74, 6) is -1.73. The third-order valence-corrected chi connectivity index (χ3v) is 5.87. The Morgan fingerprint density at radius 2 is 1.53 bits per heavy atom. The van der Waals surface area contributed by atoms with Crippen molar-refractivity contribution < 1.29 is 8.78 Å². The first-order valence-corrected chi connectivity index (χ1v) is 9.55. The maximum atomic E-state index is 13.4. The molecule has 146 valence electrons. The molecule has 8 heteroatoms. The SMILES string of the molecule is N#CC1=C(N)n2c(s/c(=C/c3ccc(F)cc3)c2=O)=C(C#N)[C@H]1c1ccc(F)cc1. The number of nitriles is 2. The number of allylic oxidation sites excluding steroid dienone is 1. The van der Waals surface area contributed by atoms with Crippen LogP contribution in [-0.4, -0.2) is 4.57 Å². The quantitative estimate of drug-likeness (QED) is 0.690. The van der Waals surface area contributed by atoms with Gasteiger partial charge in [-0.2, -0.15) is 10.5 Å². The molecule has 1 atom stereocenters. The zero-order valence-corrected chi connectivity index (χ0v) is 16.1. The molecular weight excluding hydrogens is 406 g/mol. The molecule has 0 spiro atoms. The van der Waals surface area contributed by atoms with Gasteiger partial charge in [0.15, 0.2) is 0 Å². The van der Waals surface area contributed by atoms with Crippen molar-refractivity contribution in [2.24, 2.45) is 5.73 Å². The van der Waals surface area contributed by atoms with Gasteiger partial charge in [-0.1, -0.05) is 24.3 Å². The summed E-state index contributed by atoms with van der Waals surface area (Å²) in [6.07, 6.45) is 1.57. The Labute approximate surface area is 173 Å². The van der Waals surface area contributed by atoms with Crippen molar-refractivity contribution in [1.29, 1.82) is 10.5 Å². The van der Waals surface area contributed by atoms with E-state index >= 15 is 0 Å². The minimum atomic E-state index is -0.808. The largest absolute Gasteiger partial charge is 0.384 e. The Morgan fingerprint density at radius 1 is 0.967 bits per heavy atom. The third kappa shape index (κ3) is 3.10. The number of benzene rings is 2. The number of rotatable bonds is 2. The van der Waals surface area contributed by atoms with Crippen LogP contribution in [0.1, 0.15) is 17.0 Å². The van der Waals surface area contributed by atoms with Gasteiger partial charge in [0, 0.05) is 0 Å².